The fourth-order valence-electron chi connectivity index (χ4n) is 3.56. The Hall–Kier alpha value is -3.46. The molecule has 1 unspecified atom stereocenters. The van der Waals surface area contributed by atoms with E-state index in [4.69, 9.17) is 35.4 Å². The van der Waals surface area contributed by atoms with Crippen LogP contribution in [0.15, 0.2) is 78.9 Å². The zero-order valence-corrected chi connectivity index (χ0v) is 20.6. The van der Waals surface area contributed by atoms with Gasteiger partial charge in [-0.25, -0.2) is 5.01 Å². The minimum absolute atomic E-state index is 0.102. The topological polar surface area (TPSA) is 81.8 Å². The first-order valence-corrected chi connectivity index (χ1v) is 11.8. The Bertz CT molecular complexity index is 1250. The molecule has 2 N–H and O–H groups in total. The van der Waals surface area contributed by atoms with Gasteiger partial charge in [-0.1, -0.05) is 53.5 Å². The number of amides is 3. The van der Waals surface area contributed by atoms with E-state index in [0.29, 0.717) is 21.3 Å². The molecule has 0 spiro atoms. The molecule has 3 aromatic carbocycles. The quantitative estimate of drug-likeness (QED) is 0.437. The molecule has 4 rings (SSSR count). The average molecular weight is 527 g/mol. The predicted molar refractivity (Wildman–Crippen MR) is 139 cm³/mol. The van der Waals surface area contributed by atoms with Crippen molar-refractivity contribution in [3.05, 3.63) is 100 Å². The second-order valence-corrected chi connectivity index (χ2v) is 9.02. The molecule has 178 valence electrons. The van der Waals surface area contributed by atoms with Crippen molar-refractivity contribution in [2.24, 2.45) is 0 Å². The van der Waals surface area contributed by atoms with Crippen LogP contribution in [0, 0.1) is 0 Å². The highest BCUT2D eigenvalue weighted by atomic mass is 35.5. The third kappa shape index (κ3) is 5.97. The number of carbonyl (C=O) groups is 3. The van der Waals surface area contributed by atoms with Crippen molar-refractivity contribution >= 4 is 63.9 Å². The van der Waals surface area contributed by atoms with E-state index in [0.717, 1.165) is 5.56 Å². The zero-order valence-electron chi connectivity index (χ0n) is 18.3. The summed E-state index contributed by atoms with van der Waals surface area (Å²) in [5.41, 5.74) is 4.41. The highest BCUT2D eigenvalue weighted by Crippen LogP contribution is 2.23. The third-order valence-electron chi connectivity index (χ3n) is 5.32. The van der Waals surface area contributed by atoms with Crippen molar-refractivity contribution < 1.29 is 14.4 Å². The monoisotopic (exact) mass is 526 g/mol. The van der Waals surface area contributed by atoms with E-state index in [-0.39, 0.29) is 24.0 Å². The van der Waals surface area contributed by atoms with Gasteiger partial charge in [0.25, 0.3) is 11.8 Å². The third-order valence-corrected chi connectivity index (χ3v) is 6.24. The maximum atomic E-state index is 13.4. The molecule has 3 aromatic rings. The number of nitrogens with zero attached hydrogens (tertiary/aromatic N) is 2. The Morgan fingerprint density at radius 2 is 1.49 bits per heavy atom. The second kappa shape index (κ2) is 10.9. The van der Waals surface area contributed by atoms with Gasteiger partial charge in [-0.15, -0.1) is 0 Å². The molecule has 35 heavy (non-hydrogen) atoms. The lowest BCUT2D eigenvalue weighted by Gasteiger charge is -2.24. The van der Waals surface area contributed by atoms with E-state index in [1.165, 1.54) is 9.91 Å². The Balaban J connectivity index is 1.55. The van der Waals surface area contributed by atoms with Gasteiger partial charge in [0.05, 0.1) is 13.0 Å². The van der Waals surface area contributed by atoms with Crippen molar-refractivity contribution in [2.75, 3.05) is 5.32 Å². The SMILES string of the molecule is O=C(CC1C(=O)N(Cc2ccccc2)C(=S)N1NC(=O)c1ccc(Cl)cc1)Nc1ccc(Cl)cc1. The lowest BCUT2D eigenvalue weighted by atomic mass is 10.1. The molecule has 1 fully saturated rings. The summed E-state index contributed by atoms with van der Waals surface area (Å²) >= 11 is 17.4. The molecular formula is C25H20Cl2N4O3S. The molecule has 7 nitrogen and oxygen atoms in total. The van der Waals surface area contributed by atoms with Crippen LogP contribution in [0.4, 0.5) is 5.69 Å². The van der Waals surface area contributed by atoms with Gasteiger partial charge in [0.2, 0.25) is 5.91 Å². The summed E-state index contributed by atoms with van der Waals surface area (Å²) in [6.45, 7) is 0.209. The molecule has 1 heterocycles. The number of hydrogen-bond acceptors (Lipinski definition) is 4. The van der Waals surface area contributed by atoms with Gasteiger partial charge >= 0.3 is 0 Å². The predicted octanol–water partition coefficient (Wildman–Crippen LogP) is 4.66. The maximum absolute atomic E-state index is 13.4. The van der Waals surface area contributed by atoms with Crippen molar-refractivity contribution in [3.8, 4) is 0 Å². The zero-order chi connectivity index (χ0) is 24.9. The van der Waals surface area contributed by atoms with Crippen molar-refractivity contribution in [1.29, 1.82) is 0 Å². The molecule has 1 saturated heterocycles. The van der Waals surface area contributed by atoms with E-state index in [1.807, 2.05) is 30.3 Å². The molecular weight excluding hydrogens is 507 g/mol. The first kappa shape index (κ1) is 24.7. The van der Waals surface area contributed by atoms with E-state index in [2.05, 4.69) is 10.7 Å². The number of halogens is 2. The normalized spacial score (nSPS) is 15.3. The van der Waals surface area contributed by atoms with Gasteiger partial charge in [-0.3, -0.25) is 24.7 Å². The number of hydrogen-bond donors (Lipinski definition) is 2. The molecule has 1 atom stereocenters. The molecule has 0 bridgehead atoms. The van der Waals surface area contributed by atoms with Crippen LogP contribution in [0.1, 0.15) is 22.3 Å². The number of hydrazine groups is 1. The van der Waals surface area contributed by atoms with E-state index >= 15 is 0 Å². The second-order valence-electron chi connectivity index (χ2n) is 7.79. The largest absolute Gasteiger partial charge is 0.326 e. The summed E-state index contributed by atoms with van der Waals surface area (Å²) in [5.74, 6) is -1.29. The fourth-order valence-corrected chi connectivity index (χ4v) is 4.14. The highest BCUT2D eigenvalue weighted by Gasteiger charge is 2.44. The van der Waals surface area contributed by atoms with Crippen molar-refractivity contribution in [2.45, 2.75) is 19.0 Å². The molecule has 1 aliphatic rings. The van der Waals surface area contributed by atoms with Crippen LogP contribution < -0.4 is 10.7 Å². The highest BCUT2D eigenvalue weighted by molar-refractivity contribution is 7.80. The molecule has 0 aromatic heterocycles. The molecule has 0 radical (unpaired) electrons. The number of nitrogens with one attached hydrogen (secondary N) is 2. The Morgan fingerprint density at radius 1 is 0.886 bits per heavy atom. The van der Waals surface area contributed by atoms with Crippen LogP contribution in [0.3, 0.4) is 0 Å². The Labute approximate surface area is 217 Å². The first-order chi connectivity index (χ1) is 16.8. The lowest BCUT2D eigenvalue weighted by Crippen LogP contribution is -2.49. The lowest BCUT2D eigenvalue weighted by molar-refractivity contribution is -0.131. The first-order valence-electron chi connectivity index (χ1n) is 10.6. The Kier molecular flexibility index (Phi) is 7.65. The minimum Gasteiger partial charge on any atom is -0.326 e. The van der Waals surface area contributed by atoms with E-state index in [9.17, 15) is 14.4 Å². The maximum Gasteiger partial charge on any atom is 0.269 e. The summed E-state index contributed by atoms with van der Waals surface area (Å²) in [5, 5.41) is 5.14. The molecule has 10 heteroatoms. The molecule has 3 amide bonds. The van der Waals surface area contributed by atoms with Crippen molar-refractivity contribution in [3.63, 3.8) is 0 Å². The number of thiocarbonyl (C=S) groups is 1. The standard InChI is InChI=1S/C25H20Cl2N4O3S/c26-18-8-6-17(7-9-18)23(33)29-31-21(14-22(32)28-20-12-10-19(27)11-13-20)24(34)30(25(31)35)15-16-4-2-1-3-5-16/h1-13,21H,14-15H2,(H,28,32)(H,29,33). The van der Waals surface area contributed by atoms with Crippen LogP contribution in [0.2, 0.25) is 10.0 Å². The van der Waals surface area contributed by atoms with Gasteiger partial charge < -0.3 is 5.32 Å². The fraction of sp³-hybridized carbons (Fsp3) is 0.120. The van der Waals surface area contributed by atoms with Crippen LogP contribution in [0.25, 0.3) is 0 Å². The summed E-state index contributed by atoms with van der Waals surface area (Å²) in [4.78, 5) is 40.4. The molecule has 1 aliphatic heterocycles. The smallest absolute Gasteiger partial charge is 0.269 e. The molecule has 0 aliphatic carbocycles. The minimum atomic E-state index is -1.02. The van der Waals surface area contributed by atoms with Gasteiger partial charge in [-0.2, -0.15) is 0 Å². The van der Waals surface area contributed by atoms with Crippen LogP contribution in [-0.2, 0) is 16.1 Å². The van der Waals surface area contributed by atoms with Gasteiger partial charge in [0.1, 0.15) is 6.04 Å². The van der Waals surface area contributed by atoms with Crippen LogP contribution >= 0.6 is 35.4 Å². The van der Waals surface area contributed by atoms with Gasteiger partial charge in [-0.05, 0) is 66.3 Å². The number of rotatable bonds is 7. The van der Waals surface area contributed by atoms with Gasteiger partial charge in [0.15, 0.2) is 5.11 Å². The molecule has 0 saturated carbocycles. The van der Waals surface area contributed by atoms with Crippen LogP contribution in [0.5, 0.6) is 0 Å². The summed E-state index contributed by atoms with van der Waals surface area (Å²) in [6, 6.07) is 21.2. The van der Waals surface area contributed by atoms with Gasteiger partial charge in [0, 0.05) is 21.3 Å². The summed E-state index contributed by atoms with van der Waals surface area (Å²) in [7, 11) is 0. The number of anilines is 1. The summed E-state index contributed by atoms with van der Waals surface area (Å²) < 4.78 is 0. The number of benzene rings is 3. The Morgan fingerprint density at radius 3 is 2.11 bits per heavy atom. The number of carbonyl (C=O) groups excluding carboxylic acids is 3. The van der Waals surface area contributed by atoms with E-state index in [1.54, 1.807) is 48.5 Å². The van der Waals surface area contributed by atoms with E-state index < -0.39 is 17.9 Å². The average Bonchev–Trinajstić information content (AvgIpc) is 3.05. The summed E-state index contributed by atoms with van der Waals surface area (Å²) in [6.07, 6.45) is -0.228. The van der Waals surface area contributed by atoms with Crippen molar-refractivity contribution in [1.82, 2.24) is 15.3 Å². The van der Waals surface area contributed by atoms with Crippen LogP contribution in [-0.4, -0.2) is 38.8 Å².